The Bertz CT molecular complexity index is 3300. The van der Waals surface area contributed by atoms with Crippen molar-refractivity contribution in [3.63, 3.8) is 0 Å². The minimum atomic E-state index is -2.09. The summed E-state index contributed by atoms with van der Waals surface area (Å²) in [5.74, 6) is -9.34. The zero-order chi connectivity index (χ0) is 50.6. The van der Waals surface area contributed by atoms with Crippen molar-refractivity contribution in [1.29, 1.82) is 0 Å². The van der Waals surface area contributed by atoms with Gasteiger partial charge in [-0.15, -0.1) is 0 Å². The number of esters is 2. The molecule has 23 heteroatoms. The molecule has 0 aliphatic heterocycles. The number of hydrogen-bond acceptors (Lipinski definition) is 19. The third-order valence-electron chi connectivity index (χ3n) is 10.6. The quantitative estimate of drug-likeness (QED) is 0.0212. The Balaban J connectivity index is 1.29. The lowest BCUT2D eigenvalue weighted by molar-refractivity contribution is -0.395. The van der Waals surface area contributed by atoms with Gasteiger partial charge in [0.05, 0.1) is 55.0 Å². The minimum absolute atomic E-state index is 0.0519. The first-order valence-corrected chi connectivity index (χ1v) is 20.4. The van der Waals surface area contributed by atoms with Crippen LogP contribution in [0.2, 0.25) is 0 Å². The molecule has 0 heterocycles. The van der Waals surface area contributed by atoms with Crippen molar-refractivity contribution < 1.29 is 53.1 Å². The van der Waals surface area contributed by atoms with Crippen LogP contribution in [0.1, 0.15) is 60.3 Å². The van der Waals surface area contributed by atoms with Gasteiger partial charge in [0.15, 0.2) is 11.6 Å². The highest BCUT2D eigenvalue weighted by atomic mass is 16.7. The molecule has 5 aromatic carbocycles. The van der Waals surface area contributed by atoms with E-state index in [2.05, 4.69) is 15.5 Å². The number of ether oxygens (including phenoxy) is 2. The monoisotopic (exact) mass is 948 g/mol. The van der Waals surface area contributed by atoms with Crippen LogP contribution in [0.15, 0.2) is 131 Å². The molecule has 0 atom stereocenters. The Morgan fingerprint density at radius 3 is 1.81 bits per heavy atom. The number of nitrogens with zero attached hydrogens (tertiary/aromatic N) is 7. The SMILES string of the molecule is CCN=C1C=CC(=C(C=NNc2ccc(C(=O)c3cc(OC(=O)C(=O)Oc4ccc([N+](=O)[O-])cc4[N+](=O)[O-])c([N+](=O)[O-])cc3[N+](=O)[O-])c3c2C(=O)c2ccccc2C3=O)c2ccc(N(C)C)cc2)C=C1. The van der Waals surface area contributed by atoms with E-state index in [9.17, 15) is 64.4 Å². The van der Waals surface area contributed by atoms with Crippen LogP contribution in [0.5, 0.6) is 11.5 Å². The number of carbonyl (C=O) groups excluding carboxylic acids is 5. The molecule has 2 aliphatic rings. The predicted molar refractivity (Wildman–Crippen MR) is 250 cm³/mol. The van der Waals surface area contributed by atoms with Gasteiger partial charge in [0.1, 0.15) is 5.56 Å². The molecule has 0 unspecified atom stereocenters. The van der Waals surface area contributed by atoms with E-state index in [1.165, 1.54) is 36.5 Å². The number of rotatable bonds is 14. The second kappa shape index (κ2) is 19.7. The minimum Gasteiger partial charge on any atom is -0.411 e. The number of carbonyl (C=O) groups is 5. The highest BCUT2D eigenvalue weighted by Crippen LogP contribution is 2.40. The molecule has 0 saturated heterocycles. The normalized spacial score (nSPS) is 12.4. The standard InChI is InChI=1S/C47H32N8O15/c1-4-48-27-13-9-25(10-14-27)34(26-11-15-28(16-12-26)51(2)3)24-49-50-35-19-18-32(41-42(35)45(58)31-8-6-5-7-30(31)44(41)57)43(56)33-22-40(38(55(67)68)23-36(33)53(63)64)70-47(60)46(59)69-39-20-17-29(52(61)62)21-37(39)54(65)66/h5-24,50H,4H2,1-3H3. The molecule has 0 fully saturated rings. The van der Waals surface area contributed by atoms with Crippen molar-refractivity contribution in [3.05, 3.63) is 200 Å². The van der Waals surface area contributed by atoms with Crippen LogP contribution in [0, 0.1) is 40.5 Å². The van der Waals surface area contributed by atoms with Crippen molar-refractivity contribution in [1.82, 2.24) is 0 Å². The maximum atomic E-state index is 14.6. The van der Waals surface area contributed by atoms with Crippen molar-refractivity contribution in [3.8, 4) is 11.5 Å². The summed E-state index contributed by atoms with van der Waals surface area (Å²) in [5, 5.41) is 51.7. The number of aliphatic imine (C=N–C) groups is 1. The van der Waals surface area contributed by atoms with Crippen LogP contribution in [0.25, 0.3) is 5.57 Å². The number of hydrazone groups is 1. The van der Waals surface area contributed by atoms with E-state index < -0.39 is 99.9 Å². The van der Waals surface area contributed by atoms with Crippen molar-refractivity contribution in [2.24, 2.45) is 10.1 Å². The van der Waals surface area contributed by atoms with Crippen molar-refractivity contribution in [2.45, 2.75) is 6.92 Å². The van der Waals surface area contributed by atoms with E-state index >= 15 is 0 Å². The fourth-order valence-electron chi connectivity index (χ4n) is 7.25. The average molecular weight is 949 g/mol. The zero-order valence-electron chi connectivity index (χ0n) is 36.5. The van der Waals surface area contributed by atoms with Crippen LogP contribution in [-0.2, 0) is 9.59 Å². The van der Waals surface area contributed by atoms with Crippen molar-refractivity contribution >= 4 is 80.9 Å². The third kappa shape index (κ3) is 9.55. The van der Waals surface area contributed by atoms with Crippen molar-refractivity contribution in [2.75, 3.05) is 31.0 Å². The first-order valence-electron chi connectivity index (χ1n) is 20.4. The Labute approximate surface area is 393 Å². The second-order valence-corrected chi connectivity index (χ2v) is 15.0. The van der Waals surface area contributed by atoms with Crippen LogP contribution in [0.3, 0.4) is 0 Å². The van der Waals surface area contributed by atoms with E-state index in [0.29, 0.717) is 36.4 Å². The summed E-state index contributed by atoms with van der Waals surface area (Å²) in [6.45, 7) is 2.47. The third-order valence-corrected chi connectivity index (χ3v) is 10.6. The van der Waals surface area contributed by atoms with Crippen LogP contribution < -0.4 is 19.8 Å². The smallest absolute Gasteiger partial charge is 0.411 e. The van der Waals surface area contributed by atoms with Gasteiger partial charge in [-0.2, -0.15) is 5.10 Å². The predicted octanol–water partition coefficient (Wildman–Crippen LogP) is 7.34. The molecule has 0 aromatic heterocycles. The molecular weight excluding hydrogens is 917 g/mol. The molecule has 5 aromatic rings. The van der Waals surface area contributed by atoms with E-state index in [0.717, 1.165) is 28.6 Å². The Kier molecular flexibility index (Phi) is 13.5. The second-order valence-electron chi connectivity index (χ2n) is 15.0. The molecule has 0 saturated carbocycles. The summed E-state index contributed by atoms with van der Waals surface area (Å²) in [4.78, 5) is 118. The number of allylic oxidation sites excluding steroid dienone is 6. The van der Waals surface area contributed by atoms with E-state index in [1.807, 2.05) is 74.5 Å². The fourth-order valence-corrected chi connectivity index (χ4v) is 7.25. The van der Waals surface area contributed by atoms with Crippen LogP contribution in [0.4, 0.5) is 34.1 Å². The van der Waals surface area contributed by atoms with Gasteiger partial charge >= 0.3 is 23.3 Å². The first kappa shape index (κ1) is 47.8. The number of benzene rings is 5. The van der Waals surface area contributed by atoms with Gasteiger partial charge in [0, 0.05) is 66.3 Å². The van der Waals surface area contributed by atoms with E-state index in [4.69, 9.17) is 9.47 Å². The van der Waals surface area contributed by atoms with Gasteiger partial charge in [0.2, 0.25) is 17.3 Å². The van der Waals surface area contributed by atoms with Gasteiger partial charge in [-0.1, -0.05) is 48.6 Å². The number of nitro groups is 4. The van der Waals surface area contributed by atoms with E-state index in [-0.39, 0.29) is 28.4 Å². The molecule has 23 nitrogen and oxygen atoms in total. The Hall–Kier alpha value is -10.2. The summed E-state index contributed by atoms with van der Waals surface area (Å²) in [5.41, 5.74) is -0.659. The summed E-state index contributed by atoms with van der Waals surface area (Å²) < 4.78 is 9.58. The number of fused-ring (bicyclic) bond motifs is 2. The maximum absolute atomic E-state index is 14.6. The van der Waals surface area contributed by atoms with Gasteiger partial charge in [-0.3, -0.25) is 65.3 Å². The highest BCUT2D eigenvalue weighted by molar-refractivity contribution is 6.34. The largest absolute Gasteiger partial charge is 0.423 e. The lowest BCUT2D eigenvalue weighted by Crippen LogP contribution is -2.26. The topological polar surface area (TPSA) is 316 Å². The Morgan fingerprint density at radius 1 is 0.657 bits per heavy atom. The van der Waals surface area contributed by atoms with Gasteiger partial charge in [0.25, 0.3) is 11.4 Å². The van der Waals surface area contributed by atoms with Gasteiger partial charge < -0.3 is 14.4 Å². The molecule has 0 amide bonds. The highest BCUT2D eigenvalue weighted by Gasteiger charge is 2.39. The molecule has 0 radical (unpaired) electrons. The molecule has 350 valence electrons. The molecular formula is C47H32N8O15. The number of ketones is 3. The molecule has 70 heavy (non-hydrogen) atoms. The summed E-state index contributed by atoms with van der Waals surface area (Å²) >= 11 is 0. The van der Waals surface area contributed by atoms with Crippen LogP contribution in [-0.4, -0.2) is 81.5 Å². The molecule has 2 aliphatic carbocycles. The zero-order valence-corrected chi connectivity index (χ0v) is 36.5. The number of nitrogens with one attached hydrogen (secondary N) is 1. The number of non-ortho nitro benzene ring substituents is 1. The maximum Gasteiger partial charge on any atom is 0.423 e. The van der Waals surface area contributed by atoms with Gasteiger partial charge in [-0.05, 0) is 60.5 Å². The summed E-state index contributed by atoms with van der Waals surface area (Å²) in [7, 11) is 3.78. The average Bonchev–Trinajstić information content (AvgIpc) is 3.34. The molecule has 1 N–H and O–H groups in total. The Morgan fingerprint density at radius 2 is 1.24 bits per heavy atom. The fraction of sp³-hybridized carbons (Fsp3) is 0.0851. The molecule has 0 bridgehead atoms. The van der Waals surface area contributed by atoms with E-state index in [1.54, 1.807) is 0 Å². The summed E-state index contributed by atoms with van der Waals surface area (Å²) in [6.07, 6.45) is 8.85. The van der Waals surface area contributed by atoms with Gasteiger partial charge in [-0.25, -0.2) is 9.59 Å². The first-order chi connectivity index (χ1) is 33.4. The number of hydrogen-bond donors (Lipinski definition) is 1. The lowest BCUT2D eigenvalue weighted by atomic mass is 9.79. The molecule has 0 spiro atoms. The number of nitro benzene ring substituents is 4. The number of anilines is 2. The molecule has 7 rings (SSSR count). The van der Waals surface area contributed by atoms with Crippen LogP contribution >= 0.6 is 0 Å². The summed E-state index contributed by atoms with van der Waals surface area (Å²) in [6, 6.07) is 17.9. The lowest BCUT2D eigenvalue weighted by Gasteiger charge is -2.22.